The van der Waals surface area contributed by atoms with Crippen molar-refractivity contribution in [2.45, 2.75) is 6.04 Å². The predicted molar refractivity (Wildman–Crippen MR) is 78.0 cm³/mol. The highest BCUT2D eigenvalue weighted by atomic mass is 79.9. The fraction of sp³-hybridized carbons (Fsp3) is 0.200. The zero-order valence-corrected chi connectivity index (χ0v) is 12.7. The molecule has 0 aliphatic carbocycles. The molecule has 0 saturated carbocycles. The topological polar surface area (TPSA) is 21.3 Å². The van der Waals surface area contributed by atoms with Crippen molar-refractivity contribution in [3.63, 3.8) is 0 Å². The molecular formula is C15H14BrF2NO. The molecule has 5 heteroatoms. The van der Waals surface area contributed by atoms with Gasteiger partial charge in [-0.2, -0.15) is 0 Å². The van der Waals surface area contributed by atoms with Gasteiger partial charge < -0.3 is 10.1 Å². The van der Waals surface area contributed by atoms with Crippen molar-refractivity contribution in [1.29, 1.82) is 0 Å². The van der Waals surface area contributed by atoms with Crippen molar-refractivity contribution in [3.05, 3.63) is 63.6 Å². The van der Waals surface area contributed by atoms with Crippen LogP contribution in [0.5, 0.6) is 5.75 Å². The second kappa shape index (κ2) is 6.33. The van der Waals surface area contributed by atoms with Gasteiger partial charge in [-0.15, -0.1) is 0 Å². The molecule has 2 nitrogen and oxygen atoms in total. The van der Waals surface area contributed by atoms with Crippen molar-refractivity contribution in [3.8, 4) is 5.75 Å². The Bertz CT molecular complexity index is 619. The van der Waals surface area contributed by atoms with Crippen LogP contribution in [-0.4, -0.2) is 14.2 Å². The minimum Gasteiger partial charge on any atom is -0.494 e. The summed E-state index contributed by atoms with van der Waals surface area (Å²) in [7, 11) is 3.15. The third-order valence-electron chi connectivity index (χ3n) is 3.07. The minimum absolute atomic E-state index is 0.182. The van der Waals surface area contributed by atoms with E-state index in [0.29, 0.717) is 11.1 Å². The maximum absolute atomic E-state index is 13.8. The molecule has 0 aliphatic heterocycles. The van der Waals surface area contributed by atoms with Crippen LogP contribution in [0.3, 0.4) is 0 Å². The van der Waals surface area contributed by atoms with Crippen molar-refractivity contribution in [1.82, 2.24) is 5.32 Å². The number of halogens is 3. The molecule has 2 aromatic carbocycles. The van der Waals surface area contributed by atoms with Gasteiger partial charge in [0.05, 0.1) is 13.2 Å². The predicted octanol–water partition coefficient (Wildman–Crippen LogP) is 4.04. The first-order valence-electron chi connectivity index (χ1n) is 6.02. The first kappa shape index (κ1) is 14.9. The summed E-state index contributed by atoms with van der Waals surface area (Å²) in [5, 5.41) is 3.06. The SMILES string of the molecule is CNC(c1ccc(OC)c(F)c1)c1cc(F)ccc1Br. The highest BCUT2D eigenvalue weighted by Gasteiger charge is 2.17. The van der Waals surface area contributed by atoms with Crippen LogP contribution >= 0.6 is 15.9 Å². The van der Waals surface area contributed by atoms with E-state index in [2.05, 4.69) is 21.2 Å². The van der Waals surface area contributed by atoms with E-state index in [1.807, 2.05) is 0 Å². The molecular weight excluding hydrogens is 328 g/mol. The maximum Gasteiger partial charge on any atom is 0.165 e. The van der Waals surface area contributed by atoms with Gasteiger partial charge in [0.1, 0.15) is 5.82 Å². The van der Waals surface area contributed by atoms with Crippen LogP contribution in [0.1, 0.15) is 17.2 Å². The lowest BCUT2D eigenvalue weighted by atomic mass is 9.98. The molecule has 0 fully saturated rings. The molecule has 0 saturated heterocycles. The monoisotopic (exact) mass is 341 g/mol. The molecule has 0 bridgehead atoms. The van der Waals surface area contributed by atoms with Crippen molar-refractivity contribution >= 4 is 15.9 Å². The van der Waals surface area contributed by atoms with E-state index in [-0.39, 0.29) is 17.6 Å². The Balaban J connectivity index is 2.46. The van der Waals surface area contributed by atoms with Gasteiger partial charge in [-0.25, -0.2) is 8.78 Å². The van der Waals surface area contributed by atoms with Crippen LogP contribution in [0.15, 0.2) is 40.9 Å². The number of hydrogen-bond acceptors (Lipinski definition) is 2. The van der Waals surface area contributed by atoms with Gasteiger partial charge >= 0.3 is 0 Å². The standard InChI is InChI=1S/C15H14BrF2NO/c1-19-15(11-8-10(17)4-5-12(11)16)9-3-6-14(20-2)13(18)7-9/h3-8,15,19H,1-2H3. The second-order valence-electron chi connectivity index (χ2n) is 4.28. The fourth-order valence-electron chi connectivity index (χ4n) is 2.10. The first-order valence-corrected chi connectivity index (χ1v) is 6.81. The van der Waals surface area contributed by atoms with E-state index in [1.165, 1.54) is 25.3 Å². The molecule has 0 amide bonds. The lowest BCUT2D eigenvalue weighted by Crippen LogP contribution is -2.18. The molecule has 0 aromatic heterocycles. The molecule has 2 aromatic rings. The van der Waals surface area contributed by atoms with Gasteiger partial charge in [0.15, 0.2) is 11.6 Å². The van der Waals surface area contributed by atoms with E-state index in [0.717, 1.165) is 4.47 Å². The zero-order chi connectivity index (χ0) is 14.7. The van der Waals surface area contributed by atoms with E-state index < -0.39 is 5.82 Å². The van der Waals surface area contributed by atoms with Crippen LogP contribution in [0.25, 0.3) is 0 Å². The van der Waals surface area contributed by atoms with Gasteiger partial charge in [-0.05, 0) is 48.5 Å². The Morgan fingerprint density at radius 1 is 1.15 bits per heavy atom. The number of hydrogen-bond donors (Lipinski definition) is 1. The van der Waals surface area contributed by atoms with Crippen LogP contribution in [0, 0.1) is 11.6 Å². The van der Waals surface area contributed by atoms with Crippen molar-refractivity contribution < 1.29 is 13.5 Å². The number of benzene rings is 2. The average molecular weight is 342 g/mol. The third kappa shape index (κ3) is 2.99. The summed E-state index contributed by atoms with van der Waals surface area (Å²) in [4.78, 5) is 0. The minimum atomic E-state index is -0.447. The highest BCUT2D eigenvalue weighted by molar-refractivity contribution is 9.10. The van der Waals surface area contributed by atoms with Gasteiger partial charge in [0.25, 0.3) is 0 Å². The van der Waals surface area contributed by atoms with Gasteiger partial charge in [-0.1, -0.05) is 22.0 Å². The van der Waals surface area contributed by atoms with E-state index in [9.17, 15) is 8.78 Å². The normalized spacial score (nSPS) is 12.2. The smallest absolute Gasteiger partial charge is 0.165 e. The summed E-state index contributed by atoms with van der Waals surface area (Å²) in [6, 6.07) is 8.80. The summed E-state index contributed by atoms with van der Waals surface area (Å²) < 4.78 is 32.9. The van der Waals surface area contributed by atoms with Crippen LogP contribution in [-0.2, 0) is 0 Å². The molecule has 1 atom stereocenters. The quantitative estimate of drug-likeness (QED) is 0.905. The van der Waals surface area contributed by atoms with Gasteiger partial charge in [0.2, 0.25) is 0 Å². The van der Waals surface area contributed by atoms with Gasteiger partial charge in [-0.3, -0.25) is 0 Å². The molecule has 2 rings (SSSR count). The maximum atomic E-state index is 13.8. The Morgan fingerprint density at radius 3 is 2.50 bits per heavy atom. The summed E-state index contributed by atoms with van der Waals surface area (Å²) in [6.07, 6.45) is 0. The Hall–Kier alpha value is -1.46. The van der Waals surface area contributed by atoms with Crippen molar-refractivity contribution in [2.75, 3.05) is 14.2 Å². The molecule has 1 N–H and O–H groups in total. The first-order chi connectivity index (χ1) is 9.56. The van der Waals surface area contributed by atoms with Crippen LogP contribution in [0.2, 0.25) is 0 Å². The molecule has 0 aliphatic rings. The average Bonchev–Trinajstić information content (AvgIpc) is 2.44. The summed E-state index contributed by atoms with van der Waals surface area (Å²) in [5.74, 6) is -0.600. The number of rotatable bonds is 4. The molecule has 20 heavy (non-hydrogen) atoms. The Morgan fingerprint density at radius 2 is 1.90 bits per heavy atom. The molecule has 0 spiro atoms. The summed E-state index contributed by atoms with van der Waals surface area (Å²) in [6.45, 7) is 0. The fourth-order valence-corrected chi connectivity index (χ4v) is 2.58. The Labute approximate surface area is 124 Å². The number of ether oxygens (including phenoxy) is 1. The van der Waals surface area contributed by atoms with E-state index in [1.54, 1.807) is 25.2 Å². The van der Waals surface area contributed by atoms with Crippen LogP contribution < -0.4 is 10.1 Å². The third-order valence-corrected chi connectivity index (χ3v) is 3.79. The lowest BCUT2D eigenvalue weighted by molar-refractivity contribution is 0.386. The Kier molecular flexibility index (Phi) is 4.73. The molecule has 0 radical (unpaired) electrons. The summed E-state index contributed by atoms with van der Waals surface area (Å²) >= 11 is 3.39. The van der Waals surface area contributed by atoms with Gasteiger partial charge in [0, 0.05) is 4.47 Å². The highest BCUT2D eigenvalue weighted by Crippen LogP contribution is 2.31. The number of methoxy groups -OCH3 is 1. The van der Waals surface area contributed by atoms with Crippen molar-refractivity contribution in [2.24, 2.45) is 0 Å². The largest absolute Gasteiger partial charge is 0.494 e. The second-order valence-corrected chi connectivity index (χ2v) is 5.14. The molecule has 0 heterocycles. The molecule has 1 unspecified atom stereocenters. The molecule has 106 valence electrons. The van der Waals surface area contributed by atoms with E-state index >= 15 is 0 Å². The van der Waals surface area contributed by atoms with E-state index in [4.69, 9.17) is 4.74 Å². The zero-order valence-electron chi connectivity index (χ0n) is 11.1. The lowest BCUT2D eigenvalue weighted by Gasteiger charge is -2.19. The van der Waals surface area contributed by atoms with Crippen LogP contribution in [0.4, 0.5) is 8.78 Å². The summed E-state index contributed by atoms with van der Waals surface area (Å²) in [5.41, 5.74) is 1.40. The number of nitrogens with one attached hydrogen (secondary N) is 1.